The molecule has 0 fully saturated rings. The minimum Gasteiger partial charge on any atom is -0.462 e. The average Bonchev–Trinajstić information content (AvgIpc) is 2.90. The SMILES string of the molecule is CCOC(=O)c1c(C)oc(NC(=O)CSc2ccccc2F)c1C(N)=O. The van der Waals surface area contributed by atoms with Crippen molar-refractivity contribution in [2.24, 2.45) is 5.73 Å². The zero-order chi connectivity index (χ0) is 19.3. The van der Waals surface area contributed by atoms with Gasteiger partial charge in [0.15, 0.2) is 0 Å². The van der Waals surface area contributed by atoms with Crippen molar-refractivity contribution >= 4 is 35.4 Å². The van der Waals surface area contributed by atoms with Gasteiger partial charge in [-0.05, 0) is 26.0 Å². The highest BCUT2D eigenvalue weighted by molar-refractivity contribution is 8.00. The van der Waals surface area contributed by atoms with Crippen LogP contribution in [0.3, 0.4) is 0 Å². The van der Waals surface area contributed by atoms with E-state index in [0.717, 1.165) is 11.8 Å². The van der Waals surface area contributed by atoms with Crippen LogP contribution in [0, 0.1) is 12.7 Å². The van der Waals surface area contributed by atoms with Gasteiger partial charge in [-0.1, -0.05) is 12.1 Å². The zero-order valence-corrected chi connectivity index (χ0v) is 14.9. The lowest BCUT2D eigenvalue weighted by Gasteiger charge is -2.05. The van der Waals surface area contributed by atoms with E-state index in [1.54, 1.807) is 19.1 Å². The predicted molar refractivity (Wildman–Crippen MR) is 93.7 cm³/mol. The molecule has 26 heavy (non-hydrogen) atoms. The molecule has 3 N–H and O–H groups in total. The van der Waals surface area contributed by atoms with Crippen LogP contribution in [0.4, 0.5) is 10.3 Å². The quantitative estimate of drug-likeness (QED) is 0.564. The van der Waals surface area contributed by atoms with Crippen LogP contribution in [0.15, 0.2) is 33.6 Å². The third kappa shape index (κ3) is 4.42. The summed E-state index contributed by atoms with van der Waals surface area (Å²) in [5.41, 5.74) is 4.92. The molecule has 1 aromatic carbocycles. The highest BCUT2D eigenvalue weighted by atomic mass is 32.2. The largest absolute Gasteiger partial charge is 0.462 e. The van der Waals surface area contributed by atoms with Crippen molar-refractivity contribution in [2.45, 2.75) is 18.7 Å². The molecule has 1 aromatic heterocycles. The van der Waals surface area contributed by atoms with Crippen LogP contribution in [0.5, 0.6) is 0 Å². The molecule has 0 saturated heterocycles. The molecular weight excluding hydrogens is 363 g/mol. The van der Waals surface area contributed by atoms with Crippen molar-refractivity contribution in [3.05, 3.63) is 47.0 Å². The smallest absolute Gasteiger partial charge is 0.342 e. The first kappa shape index (κ1) is 19.5. The lowest BCUT2D eigenvalue weighted by Crippen LogP contribution is -2.21. The summed E-state index contributed by atoms with van der Waals surface area (Å²) >= 11 is 0.978. The highest BCUT2D eigenvalue weighted by Crippen LogP contribution is 2.28. The molecule has 1 heterocycles. The van der Waals surface area contributed by atoms with Crippen molar-refractivity contribution in [1.29, 1.82) is 0 Å². The molecule has 0 unspecified atom stereocenters. The number of furan rings is 1. The summed E-state index contributed by atoms with van der Waals surface area (Å²) in [4.78, 5) is 36.1. The number of aryl methyl sites for hydroxylation is 1. The number of carbonyl (C=O) groups excluding carboxylic acids is 3. The third-order valence-electron chi connectivity index (χ3n) is 3.26. The first-order valence-electron chi connectivity index (χ1n) is 7.62. The number of hydrogen-bond acceptors (Lipinski definition) is 6. The molecule has 0 saturated carbocycles. The van der Waals surface area contributed by atoms with Crippen LogP contribution in [0.25, 0.3) is 0 Å². The Morgan fingerprint density at radius 2 is 1.96 bits per heavy atom. The molecule has 9 heteroatoms. The fourth-order valence-electron chi connectivity index (χ4n) is 2.18. The number of nitrogens with one attached hydrogen (secondary N) is 1. The minimum absolute atomic E-state index is 0.0920. The Kier molecular flexibility index (Phi) is 6.40. The molecule has 138 valence electrons. The van der Waals surface area contributed by atoms with Crippen molar-refractivity contribution < 1.29 is 27.9 Å². The van der Waals surface area contributed by atoms with Crippen LogP contribution in [0.2, 0.25) is 0 Å². The van der Waals surface area contributed by atoms with Crippen LogP contribution >= 0.6 is 11.8 Å². The fraction of sp³-hybridized carbons (Fsp3) is 0.235. The maximum Gasteiger partial charge on any atom is 0.342 e. The molecule has 2 aromatic rings. The van der Waals surface area contributed by atoms with E-state index in [4.69, 9.17) is 14.9 Å². The van der Waals surface area contributed by atoms with E-state index in [1.807, 2.05) is 0 Å². The summed E-state index contributed by atoms with van der Waals surface area (Å²) in [5.74, 6) is -2.99. The van der Waals surface area contributed by atoms with Crippen molar-refractivity contribution in [3.8, 4) is 0 Å². The van der Waals surface area contributed by atoms with Gasteiger partial charge in [0, 0.05) is 4.90 Å². The number of carbonyl (C=O) groups is 3. The number of primary amides is 1. The molecular formula is C17H17FN2O5S. The predicted octanol–water partition coefficient (Wildman–Crippen LogP) is 2.73. The van der Waals surface area contributed by atoms with Gasteiger partial charge in [-0.25, -0.2) is 9.18 Å². The number of esters is 1. The number of anilines is 1. The Morgan fingerprint density at radius 1 is 1.27 bits per heavy atom. The number of thioether (sulfide) groups is 1. The standard InChI is InChI=1S/C17H17FN2O5S/c1-3-24-17(23)13-9(2)25-16(14(13)15(19)22)20-12(21)8-26-11-7-5-4-6-10(11)18/h4-7H,3,8H2,1-2H3,(H2,19,22)(H,20,21). The van der Waals surface area contributed by atoms with Crippen LogP contribution in [-0.4, -0.2) is 30.1 Å². The summed E-state index contributed by atoms with van der Waals surface area (Å²) in [5, 5.41) is 2.38. The average molecular weight is 380 g/mol. The highest BCUT2D eigenvalue weighted by Gasteiger charge is 2.29. The van der Waals surface area contributed by atoms with Crippen molar-refractivity contribution in [2.75, 3.05) is 17.7 Å². The first-order chi connectivity index (χ1) is 12.3. The molecule has 0 aliphatic heterocycles. The van der Waals surface area contributed by atoms with Crippen LogP contribution < -0.4 is 11.1 Å². The number of ether oxygens (including phenoxy) is 1. The van der Waals surface area contributed by atoms with Crippen molar-refractivity contribution in [3.63, 3.8) is 0 Å². The van der Waals surface area contributed by atoms with Crippen LogP contribution in [-0.2, 0) is 9.53 Å². The third-order valence-corrected chi connectivity index (χ3v) is 4.31. The van der Waals surface area contributed by atoms with Gasteiger partial charge in [0.05, 0.1) is 12.4 Å². The van der Waals surface area contributed by atoms with Gasteiger partial charge >= 0.3 is 5.97 Å². The molecule has 0 atom stereocenters. The molecule has 0 aliphatic rings. The molecule has 0 spiro atoms. The van der Waals surface area contributed by atoms with E-state index in [-0.39, 0.29) is 35.1 Å². The van der Waals surface area contributed by atoms with Gasteiger partial charge in [-0.15, -0.1) is 11.8 Å². The lowest BCUT2D eigenvalue weighted by molar-refractivity contribution is -0.113. The Hall–Kier alpha value is -2.81. The normalized spacial score (nSPS) is 10.4. The van der Waals surface area contributed by atoms with Gasteiger partial charge in [0.1, 0.15) is 22.7 Å². The number of benzene rings is 1. The maximum absolute atomic E-state index is 13.6. The Labute approximate surface area is 153 Å². The Bertz CT molecular complexity index is 850. The summed E-state index contributed by atoms with van der Waals surface area (Å²) in [6.07, 6.45) is 0. The zero-order valence-electron chi connectivity index (χ0n) is 14.1. The number of rotatable bonds is 7. The summed E-state index contributed by atoms with van der Waals surface area (Å²) < 4.78 is 23.7. The van der Waals surface area contributed by atoms with Crippen molar-refractivity contribution in [1.82, 2.24) is 0 Å². The topological polar surface area (TPSA) is 112 Å². The second-order valence-electron chi connectivity index (χ2n) is 5.09. The molecule has 0 radical (unpaired) electrons. The molecule has 0 bridgehead atoms. The van der Waals surface area contributed by atoms with Crippen LogP contribution in [0.1, 0.15) is 33.4 Å². The van der Waals surface area contributed by atoms with E-state index in [1.165, 1.54) is 19.1 Å². The number of hydrogen-bond donors (Lipinski definition) is 2. The van der Waals surface area contributed by atoms with E-state index in [0.29, 0.717) is 4.90 Å². The second kappa shape index (κ2) is 8.52. The molecule has 7 nitrogen and oxygen atoms in total. The van der Waals surface area contributed by atoms with Gasteiger partial charge in [0.2, 0.25) is 11.8 Å². The molecule has 2 amide bonds. The Morgan fingerprint density at radius 3 is 2.58 bits per heavy atom. The van der Waals surface area contributed by atoms with E-state index >= 15 is 0 Å². The number of amides is 2. The Balaban J connectivity index is 2.17. The lowest BCUT2D eigenvalue weighted by atomic mass is 10.1. The van der Waals surface area contributed by atoms with Gasteiger partial charge in [-0.2, -0.15) is 0 Å². The van der Waals surface area contributed by atoms with E-state index < -0.39 is 23.6 Å². The summed E-state index contributed by atoms with van der Waals surface area (Å²) in [6, 6.07) is 6.02. The second-order valence-corrected chi connectivity index (χ2v) is 6.11. The summed E-state index contributed by atoms with van der Waals surface area (Å²) in [7, 11) is 0. The molecule has 2 rings (SSSR count). The van der Waals surface area contributed by atoms with Gasteiger partial charge in [-0.3, -0.25) is 14.9 Å². The maximum atomic E-state index is 13.6. The first-order valence-corrected chi connectivity index (χ1v) is 8.61. The summed E-state index contributed by atoms with van der Waals surface area (Å²) in [6.45, 7) is 3.16. The molecule has 0 aliphatic carbocycles. The van der Waals surface area contributed by atoms with E-state index in [9.17, 15) is 18.8 Å². The van der Waals surface area contributed by atoms with Gasteiger partial charge in [0.25, 0.3) is 5.91 Å². The minimum atomic E-state index is -0.943. The van der Waals surface area contributed by atoms with E-state index in [2.05, 4.69) is 5.32 Å². The number of halogens is 1. The van der Waals surface area contributed by atoms with Gasteiger partial charge < -0.3 is 14.9 Å². The fourth-order valence-corrected chi connectivity index (χ4v) is 2.92. The monoisotopic (exact) mass is 380 g/mol. The number of nitrogens with two attached hydrogens (primary N) is 1.